The molecule has 2 N–H and O–H groups in total. The molecule has 0 aliphatic carbocycles. The first-order valence-corrected chi connectivity index (χ1v) is 13.5. The first-order chi connectivity index (χ1) is 15.3. The summed E-state index contributed by atoms with van der Waals surface area (Å²) in [5, 5.41) is 2.89. The number of sulfonamides is 1. The lowest BCUT2D eigenvalue weighted by Crippen LogP contribution is -2.47. The Morgan fingerprint density at radius 3 is 2.75 bits per heavy atom. The van der Waals surface area contributed by atoms with Crippen LogP contribution in [0.15, 0.2) is 53.7 Å². The Labute approximate surface area is 194 Å². The fourth-order valence-electron chi connectivity index (χ4n) is 3.50. The number of benzene rings is 2. The molecule has 32 heavy (non-hydrogen) atoms. The molecule has 0 saturated heterocycles. The summed E-state index contributed by atoms with van der Waals surface area (Å²) in [6.07, 6.45) is 4.87. The summed E-state index contributed by atoms with van der Waals surface area (Å²) < 4.78 is 30.6. The SMILES string of the molecule is CSCCC(NS(=O)(=O)c1cc(C)ccc1C)C(=O)NCCCn1cnc2ccccc21. The highest BCUT2D eigenvalue weighted by Crippen LogP contribution is 2.18. The van der Waals surface area contributed by atoms with Crippen molar-refractivity contribution in [3.63, 3.8) is 0 Å². The molecular weight excluding hydrogens is 444 g/mol. The topological polar surface area (TPSA) is 93.1 Å². The van der Waals surface area contributed by atoms with Crippen LogP contribution < -0.4 is 10.0 Å². The molecule has 1 heterocycles. The minimum atomic E-state index is -3.81. The van der Waals surface area contributed by atoms with E-state index >= 15 is 0 Å². The first-order valence-electron chi connectivity index (χ1n) is 10.6. The third kappa shape index (κ3) is 6.11. The fraction of sp³-hybridized carbons (Fsp3) is 0.391. The zero-order chi connectivity index (χ0) is 23.1. The van der Waals surface area contributed by atoms with Crippen molar-refractivity contribution in [3.05, 3.63) is 59.9 Å². The van der Waals surface area contributed by atoms with Gasteiger partial charge in [-0.25, -0.2) is 13.4 Å². The first kappa shape index (κ1) is 24.3. The summed E-state index contributed by atoms with van der Waals surface area (Å²) in [4.78, 5) is 17.4. The lowest BCUT2D eigenvalue weighted by Gasteiger charge is -2.19. The summed E-state index contributed by atoms with van der Waals surface area (Å²) in [5.74, 6) is 0.373. The van der Waals surface area contributed by atoms with Crippen molar-refractivity contribution in [1.29, 1.82) is 0 Å². The second-order valence-corrected chi connectivity index (χ2v) is 10.5. The predicted molar refractivity (Wildman–Crippen MR) is 130 cm³/mol. The van der Waals surface area contributed by atoms with Gasteiger partial charge < -0.3 is 9.88 Å². The Morgan fingerprint density at radius 1 is 1.19 bits per heavy atom. The maximum absolute atomic E-state index is 13.0. The number of nitrogens with one attached hydrogen (secondary N) is 2. The van der Waals surface area contributed by atoms with E-state index in [4.69, 9.17) is 0 Å². The lowest BCUT2D eigenvalue weighted by atomic mass is 10.2. The standard InChI is InChI=1S/C23H30N4O3S2/c1-17-9-10-18(2)22(15-17)32(29,30)26-20(11-14-31-3)23(28)24-12-6-13-27-16-25-19-7-4-5-8-21(19)27/h4-5,7-10,15-16,20,26H,6,11-14H2,1-3H3,(H,24,28). The summed E-state index contributed by atoms with van der Waals surface area (Å²) >= 11 is 1.58. The summed E-state index contributed by atoms with van der Waals surface area (Å²) in [6, 6.07) is 12.4. The maximum atomic E-state index is 13.0. The number of nitrogens with zero attached hydrogens (tertiary/aromatic N) is 2. The Kier molecular flexibility index (Phi) is 8.33. The monoisotopic (exact) mass is 474 g/mol. The molecule has 1 unspecified atom stereocenters. The van der Waals surface area contributed by atoms with Crippen molar-refractivity contribution >= 4 is 38.7 Å². The van der Waals surface area contributed by atoms with Gasteiger partial charge in [-0.2, -0.15) is 16.5 Å². The quantitative estimate of drug-likeness (QED) is 0.416. The van der Waals surface area contributed by atoms with Gasteiger partial charge in [-0.05, 0) is 68.0 Å². The van der Waals surface area contributed by atoms with E-state index in [1.807, 2.05) is 43.5 Å². The van der Waals surface area contributed by atoms with Crippen LogP contribution in [0.4, 0.5) is 0 Å². The van der Waals surface area contributed by atoms with Gasteiger partial charge >= 0.3 is 0 Å². The normalized spacial score (nSPS) is 12.7. The molecular formula is C23H30N4O3S2. The molecule has 9 heteroatoms. The molecule has 3 rings (SSSR count). The van der Waals surface area contributed by atoms with Crippen LogP contribution in [0.2, 0.25) is 0 Å². The van der Waals surface area contributed by atoms with Gasteiger partial charge in [0.2, 0.25) is 15.9 Å². The number of fused-ring (bicyclic) bond motifs is 1. The number of thioether (sulfide) groups is 1. The number of imidazole rings is 1. The zero-order valence-corrected chi connectivity index (χ0v) is 20.3. The lowest BCUT2D eigenvalue weighted by molar-refractivity contribution is -0.122. The minimum Gasteiger partial charge on any atom is -0.355 e. The van der Waals surface area contributed by atoms with E-state index in [-0.39, 0.29) is 10.8 Å². The van der Waals surface area contributed by atoms with Crippen molar-refractivity contribution in [2.24, 2.45) is 0 Å². The molecule has 172 valence electrons. The second kappa shape index (κ2) is 11.0. The molecule has 0 aliphatic rings. The molecule has 1 atom stereocenters. The summed E-state index contributed by atoms with van der Waals surface area (Å²) in [6.45, 7) is 4.77. The summed E-state index contributed by atoms with van der Waals surface area (Å²) in [5.41, 5.74) is 3.50. The zero-order valence-electron chi connectivity index (χ0n) is 18.7. The smallest absolute Gasteiger partial charge is 0.241 e. The number of carbonyl (C=O) groups is 1. The van der Waals surface area contributed by atoms with E-state index in [2.05, 4.69) is 19.6 Å². The number of hydrogen-bond donors (Lipinski definition) is 2. The molecule has 3 aromatic rings. The Balaban J connectivity index is 1.61. The largest absolute Gasteiger partial charge is 0.355 e. The molecule has 1 amide bonds. The average Bonchev–Trinajstić information content (AvgIpc) is 3.18. The third-order valence-electron chi connectivity index (χ3n) is 5.26. The van der Waals surface area contributed by atoms with Crippen LogP contribution >= 0.6 is 11.8 Å². The van der Waals surface area contributed by atoms with Gasteiger partial charge in [0.05, 0.1) is 22.3 Å². The third-order valence-corrected chi connectivity index (χ3v) is 7.52. The molecule has 0 aliphatic heterocycles. The molecule has 2 aromatic carbocycles. The van der Waals surface area contributed by atoms with Crippen LogP contribution in [0.25, 0.3) is 11.0 Å². The van der Waals surface area contributed by atoms with Crippen LogP contribution in [0.3, 0.4) is 0 Å². The van der Waals surface area contributed by atoms with E-state index in [1.54, 1.807) is 37.1 Å². The molecule has 0 saturated carbocycles. The predicted octanol–water partition coefficient (Wildman–Crippen LogP) is 3.26. The molecule has 1 aromatic heterocycles. The number of aryl methyl sites for hydroxylation is 3. The molecule has 0 bridgehead atoms. The van der Waals surface area contributed by atoms with Gasteiger partial charge in [0, 0.05) is 13.1 Å². The van der Waals surface area contributed by atoms with E-state index in [0.29, 0.717) is 37.2 Å². The average molecular weight is 475 g/mol. The molecule has 0 fully saturated rings. The molecule has 7 nitrogen and oxygen atoms in total. The highest BCUT2D eigenvalue weighted by molar-refractivity contribution is 7.98. The number of amides is 1. The number of para-hydroxylation sites is 2. The van der Waals surface area contributed by atoms with E-state index in [1.165, 1.54) is 0 Å². The molecule has 0 spiro atoms. The van der Waals surface area contributed by atoms with Crippen molar-refractivity contribution in [1.82, 2.24) is 19.6 Å². The van der Waals surface area contributed by atoms with E-state index < -0.39 is 16.1 Å². The van der Waals surface area contributed by atoms with Gasteiger partial charge in [-0.3, -0.25) is 4.79 Å². The van der Waals surface area contributed by atoms with Crippen molar-refractivity contribution in [2.45, 2.75) is 44.2 Å². The van der Waals surface area contributed by atoms with Crippen LogP contribution in [-0.4, -0.2) is 48.5 Å². The minimum absolute atomic E-state index is 0.214. The van der Waals surface area contributed by atoms with Gasteiger partial charge in [0.1, 0.15) is 6.04 Å². The van der Waals surface area contributed by atoms with Crippen LogP contribution in [0.1, 0.15) is 24.0 Å². The number of carbonyl (C=O) groups excluding carboxylic acids is 1. The number of hydrogen-bond acceptors (Lipinski definition) is 5. The fourth-order valence-corrected chi connectivity index (χ4v) is 5.53. The van der Waals surface area contributed by atoms with Gasteiger partial charge in [-0.15, -0.1) is 0 Å². The van der Waals surface area contributed by atoms with Crippen LogP contribution in [0, 0.1) is 13.8 Å². The Morgan fingerprint density at radius 2 is 1.97 bits per heavy atom. The number of aromatic nitrogens is 2. The highest BCUT2D eigenvalue weighted by atomic mass is 32.2. The van der Waals surface area contributed by atoms with Crippen molar-refractivity contribution in [3.8, 4) is 0 Å². The van der Waals surface area contributed by atoms with Crippen molar-refractivity contribution < 1.29 is 13.2 Å². The maximum Gasteiger partial charge on any atom is 0.241 e. The second-order valence-electron chi connectivity index (χ2n) is 7.80. The highest BCUT2D eigenvalue weighted by Gasteiger charge is 2.26. The van der Waals surface area contributed by atoms with Gasteiger partial charge in [-0.1, -0.05) is 24.3 Å². The number of rotatable bonds is 11. The molecule has 0 radical (unpaired) electrons. The summed E-state index contributed by atoms with van der Waals surface area (Å²) in [7, 11) is -3.81. The van der Waals surface area contributed by atoms with E-state index in [0.717, 1.165) is 16.6 Å². The van der Waals surface area contributed by atoms with Gasteiger partial charge in [0.25, 0.3) is 0 Å². The van der Waals surface area contributed by atoms with Crippen molar-refractivity contribution in [2.75, 3.05) is 18.6 Å². The van der Waals surface area contributed by atoms with Crippen LogP contribution in [-0.2, 0) is 21.4 Å². The Hall–Kier alpha value is -2.36. The van der Waals surface area contributed by atoms with E-state index in [9.17, 15) is 13.2 Å². The van der Waals surface area contributed by atoms with Crippen LogP contribution in [0.5, 0.6) is 0 Å². The Bertz CT molecular complexity index is 1170. The van der Waals surface area contributed by atoms with Gasteiger partial charge in [0.15, 0.2) is 0 Å².